The van der Waals surface area contributed by atoms with Crippen molar-refractivity contribution in [2.24, 2.45) is 5.10 Å². The fourth-order valence-electron chi connectivity index (χ4n) is 3.92. The lowest BCUT2D eigenvalue weighted by molar-refractivity contribution is 0.0386. The zero-order valence-electron chi connectivity index (χ0n) is 21.0. The van der Waals surface area contributed by atoms with Crippen molar-refractivity contribution in [2.45, 2.75) is 4.90 Å². The molecule has 0 saturated carbocycles. The zero-order chi connectivity index (χ0) is 26.2. The minimum atomic E-state index is -1.12. The van der Waals surface area contributed by atoms with Gasteiger partial charge in [0.05, 0.1) is 54.8 Å². The molecule has 0 bridgehead atoms. The van der Waals surface area contributed by atoms with Gasteiger partial charge in [-0.15, -0.1) is 0 Å². The van der Waals surface area contributed by atoms with E-state index in [1.165, 1.54) is 6.33 Å². The summed E-state index contributed by atoms with van der Waals surface area (Å²) in [5.74, 6) is 2.00. The van der Waals surface area contributed by atoms with E-state index < -0.39 is 10.8 Å². The minimum Gasteiger partial charge on any atom is -0.481 e. The van der Waals surface area contributed by atoms with Crippen LogP contribution in [0.15, 0.2) is 65.0 Å². The van der Waals surface area contributed by atoms with Crippen LogP contribution in [0.25, 0.3) is 16.9 Å². The molecular formula is C25H29N9O3S. The normalized spacial score (nSPS) is 15.2. The smallest absolute Gasteiger partial charge is 0.214 e. The number of pyridine rings is 1. The summed E-state index contributed by atoms with van der Waals surface area (Å²) in [6.07, 6.45) is 4.78. The maximum Gasteiger partial charge on any atom is 0.214 e. The average Bonchev–Trinajstić information content (AvgIpc) is 3.41. The molecule has 12 nitrogen and oxygen atoms in total. The lowest BCUT2D eigenvalue weighted by atomic mass is 10.2. The monoisotopic (exact) mass is 535 g/mol. The number of anilines is 1. The van der Waals surface area contributed by atoms with Crippen molar-refractivity contribution >= 4 is 33.9 Å². The van der Waals surface area contributed by atoms with Crippen molar-refractivity contribution < 1.29 is 13.7 Å². The van der Waals surface area contributed by atoms with E-state index in [1.807, 2.05) is 36.4 Å². The second-order valence-electron chi connectivity index (χ2n) is 8.44. The van der Waals surface area contributed by atoms with Gasteiger partial charge in [0.1, 0.15) is 6.33 Å². The number of hydrogen-bond acceptors (Lipinski definition) is 11. The summed E-state index contributed by atoms with van der Waals surface area (Å²) in [4.78, 5) is 16.2. The Kier molecular flexibility index (Phi) is 8.60. The Bertz CT molecular complexity index is 1400. The molecule has 0 spiro atoms. The van der Waals surface area contributed by atoms with Gasteiger partial charge in [0.25, 0.3) is 0 Å². The quantitative estimate of drug-likeness (QED) is 0.166. The number of aromatic nitrogens is 5. The van der Waals surface area contributed by atoms with E-state index in [4.69, 9.17) is 9.47 Å². The molecule has 1 aliphatic heterocycles. The lowest BCUT2D eigenvalue weighted by Gasteiger charge is -2.26. The van der Waals surface area contributed by atoms with E-state index in [-0.39, 0.29) is 0 Å². The van der Waals surface area contributed by atoms with E-state index in [1.54, 1.807) is 30.3 Å². The topological polar surface area (TPSA) is 132 Å². The van der Waals surface area contributed by atoms with Gasteiger partial charge in [0.15, 0.2) is 17.3 Å². The number of nitrogens with one attached hydrogen (secondary N) is 2. The van der Waals surface area contributed by atoms with Crippen molar-refractivity contribution in [3.8, 4) is 11.7 Å². The van der Waals surface area contributed by atoms with Crippen LogP contribution in [-0.4, -0.2) is 92.4 Å². The summed E-state index contributed by atoms with van der Waals surface area (Å²) in [6, 6.07) is 12.9. The van der Waals surface area contributed by atoms with E-state index >= 15 is 0 Å². The van der Waals surface area contributed by atoms with Crippen molar-refractivity contribution in [3.05, 3.63) is 60.6 Å². The Balaban J connectivity index is 1.16. The van der Waals surface area contributed by atoms with Crippen LogP contribution in [-0.2, 0) is 15.5 Å². The third-order valence-corrected chi connectivity index (χ3v) is 7.23. The lowest BCUT2D eigenvalue weighted by Crippen LogP contribution is -2.40. The van der Waals surface area contributed by atoms with Gasteiger partial charge in [-0.3, -0.25) is 14.5 Å². The summed E-state index contributed by atoms with van der Waals surface area (Å²) < 4.78 is 24.8. The first-order chi connectivity index (χ1) is 18.7. The molecule has 2 N–H and O–H groups in total. The molecule has 1 saturated heterocycles. The van der Waals surface area contributed by atoms with Crippen LogP contribution in [0, 0.1) is 0 Å². The van der Waals surface area contributed by atoms with Crippen LogP contribution in [0.2, 0.25) is 0 Å². The second-order valence-corrected chi connectivity index (χ2v) is 9.89. The van der Waals surface area contributed by atoms with Gasteiger partial charge in [-0.1, -0.05) is 18.2 Å². The number of morpholine rings is 1. The van der Waals surface area contributed by atoms with E-state index in [9.17, 15) is 4.21 Å². The van der Waals surface area contributed by atoms with Gasteiger partial charge < -0.3 is 14.8 Å². The molecule has 3 aromatic heterocycles. The predicted octanol–water partition coefficient (Wildman–Crippen LogP) is 1.65. The minimum absolute atomic E-state index is 0.419. The van der Waals surface area contributed by atoms with Gasteiger partial charge in [-0.05, 0) is 23.8 Å². The summed E-state index contributed by atoms with van der Waals surface area (Å²) >= 11 is 0. The highest BCUT2D eigenvalue weighted by Gasteiger charge is 2.13. The SMILES string of the molecule is COc1cccc(-n2ncc3c(N/N=C/c4ccc(S(=O)CNCCN5CCOCC5)cc4)ncnc32)n1. The van der Waals surface area contributed by atoms with Crippen LogP contribution in [0.3, 0.4) is 0 Å². The summed E-state index contributed by atoms with van der Waals surface area (Å²) in [7, 11) is 0.445. The van der Waals surface area contributed by atoms with Crippen molar-refractivity contribution in [3.63, 3.8) is 0 Å². The number of nitrogens with zero attached hydrogens (tertiary/aromatic N) is 7. The number of fused-ring (bicyclic) bond motifs is 1. The Morgan fingerprint density at radius 3 is 2.82 bits per heavy atom. The molecule has 198 valence electrons. The highest BCUT2D eigenvalue weighted by Crippen LogP contribution is 2.21. The first-order valence-corrected chi connectivity index (χ1v) is 13.5. The number of hydrazone groups is 1. The molecular weight excluding hydrogens is 506 g/mol. The highest BCUT2D eigenvalue weighted by atomic mass is 32.2. The molecule has 0 aliphatic carbocycles. The van der Waals surface area contributed by atoms with Crippen LogP contribution in [0.4, 0.5) is 5.82 Å². The standard InChI is InChI=1S/C25H29N9O3S/c1-36-23-4-2-3-22(31-23)34-25-21(16-30-34)24(27-17-28-25)32-29-15-19-5-7-20(8-6-19)38(35)18-26-9-10-33-11-13-37-14-12-33/h2-8,15-17,26H,9-14,18H2,1H3,(H,27,28,32)/b29-15+. The van der Waals surface area contributed by atoms with Crippen LogP contribution < -0.4 is 15.5 Å². The van der Waals surface area contributed by atoms with E-state index in [0.717, 1.165) is 49.9 Å². The molecule has 5 rings (SSSR count). The molecule has 1 aliphatic rings. The van der Waals surface area contributed by atoms with Crippen molar-refractivity contribution in [2.75, 3.05) is 57.8 Å². The third kappa shape index (κ3) is 6.37. The van der Waals surface area contributed by atoms with Gasteiger partial charge in [-0.25, -0.2) is 9.97 Å². The summed E-state index contributed by atoms with van der Waals surface area (Å²) in [5, 5.41) is 12.7. The fourth-order valence-corrected chi connectivity index (χ4v) is 4.86. The highest BCUT2D eigenvalue weighted by molar-refractivity contribution is 7.85. The molecule has 0 amide bonds. The molecule has 13 heteroatoms. The molecule has 38 heavy (non-hydrogen) atoms. The third-order valence-electron chi connectivity index (χ3n) is 5.97. The summed E-state index contributed by atoms with van der Waals surface area (Å²) in [5.41, 5.74) is 4.41. The molecule has 1 unspecified atom stereocenters. The zero-order valence-corrected chi connectivity index (χ0v) is 21.8. The Labute approximate surface area is 222 Å². The van der Waals surface area contributed by atoms with Crippen molar-refractivity contribution in [1.82, 2.24) is 34.9 Å². The first-order valence-electron chi connectivity index (χ1n) is 12.2. The fraction of sp³-hybridized carbons (Fsp3) is 0.320. The maximum absolute atomic E-state index is 12.6. The van der Waals surface area contributed by atoms with Crippen LogP contribution >= 0.6 is 0 Å². The van der Waals surface area contributed by atoms with Crippen LogP contribution in [0.5, 0.6) is 5.88 Å². The van der Waals surface area contributed by atoms with Gasteiger partial charge in [0.2, 0.25) is 5.88 Å². The van der Waals surface area contributed by atoms with Crippen LogP contribution in [0.1, 0.15) is 5.56 Å². The molecule has 4 heterocycles. The molecule has 1 aromatic carbocycles. The number of methoxy groups -OCH3 is 1. The van der Waals surface area contributed by atoms with Gasteiger partial charge in [0, 0.05) is 37.1 Å². The Morgan fingerprint density at radius 1 is 1.16 bits per heavy atom. The van der Waals surface area contributed by atoms with E-state index in [2.05, 4.69) is 40.8 Å². The van der Waals surface area contributed by atoms with Crippen molar-refractivity contribution in [1.29, 1.82) is 0 Å². The number of benzene rings is 1. The second kappa shape index (κ2) is 12.6. The Morgan fingerprint density at radius 2 is 2.00 bits per heavy atom. The first kappa shape index (κ1) is 25.9. The molecule has 0 radical (unpaired) electrons. The largest absolute Gasteiger partial charge is 0.481 e. The van der Waals surface area contributed by atoms with Gasteiger partial charge in [-0.2, -0.15) is 19.9 Å². The predicted molar refractivity (Wildman–Crippen MR) is 145 cm³/mol. The summed E-state index contributed by atoms with van der Waals surface area (Å²) in [6.45, 7) is 5.21. The van der Waals surface area contributed by atoms with E-state index in [0.29, 0.717) is 34.4 Å². The van der Waals surface area contributed by atoms with Gasteiger partial charge >= 0.3 is 0 Å². The number of hydrogen-bond donors (Lipinski definition) is 2. The Hall–Kier alpha value is -3.78. The number of ether oxygens (including phenoxy) is 2. The molecule has 1 fully saturated rings. The number of rotatable bonds is 11. The molecule has 4 aromatic rings. The maximum atomic E-state index is 12.6. The average molecular weight is 536 g/mol. The molecule has 1 atom stereocenters.